The second-order valence-corrected chi connectivity index (χ2v) is 5.88. The molecule has 1 aromatic carbocycles. The van der Waals surface area contributed by atoms with Crippen LogP contribution in [0.2, 0.25) is 0 Å². The Kier molecular flexibility index (Phi) is 3.71. The van der Waals surface area contributed by atoms with Crippen LogP contribution in [0.4, 0.5) is 0 Å². The van der Waals surface area contributed by atoms with E-state index < -0.39 is 0 Å². The fourth-order valence-electron chi connectivity index (χ4n) is 2.73. The van der Waals surface area contributed by atoms with Crippen molar-refractivity contribution in [2.45, 2.75) is 45.7 Å². The van der Waals surface area contributed by atoms with E-state index in [9.17, 15) is 4.79 Å². The number of hydrogen-bond donors (Lipinski definition) is 2. The molecule has 1 fully saturated rings. The van der Waals surface area contributed by atoms with Gasteiger partial charge in [-0.25, -0.2) is 0 Å². The fourth-order valence-corrected chi connectivity index (χ4v) is 2.73. The highest BCUT2D eigenvalue weighted by Crippen LogP contribution is 2.37. The Morgan fingerprint density at radius 2 is 2.06 bits per heavy atom. The Labute approximate surface area is 109 Å². The van der Waals surface area contributed by atoms with Crippen LogP contribution >= 0.6 is 0 Å². The van der Waals surface area contributed by atoms with Crippen molar-refractivity contribution in [3.63, 3.8) is 0 Å². The van der Waals surface area contributed by atoms with E-state index in [0.29, 0.717) is 17.0 Å². The average molecular weight is 246 g/mol. The maximum absolute atomic E-state index is 11.0. The van der Waals surface area contributed by atoms with Crippen molar-refractivity contribution in [2.24, 2.45) is 11.1 Å². The first kappa shape index (κ1) is 13.1. The van der Waals surface area contributed by atoms with Crippen LogP contribution in [0.5, 0.6) is 0 Å². The van der Waals surface area contributed by atoms with Gasteiger partial charge in [0, 0.05) is 18.2 Å². The van der Waals surface area contributed by atoms with Gasteiger partial charge in [0.1, 0.15) is 0 Å². The second-order valence-electron chi connectivity index (χ2n) is 5.88. The molecule has 0 spiro atoms. The van der Waals surface area contributed by atoms with Crippen LogP contribution in [0.3, 0.4) is 0 Å². The third kappa shape index (κ3) is 2.91. The molecule has 1 amide bonds. The number of rotatable bonds is 4. The normalized spacial score (nSPS) is 22.0. The lowest BCUT2D eigenvalue weighted by Crippen LogP contribution is -2.37. The molecule has 1 aromatic rings. The zero-order valence-electron chi connectivity index (χ0n) is 11.2. The minimum absolute atomic E-state index is 0.369. The summed E-state index contributed by atoms with van der Waals surface area (Å²) in [6, 6.07) is 8.11. The lowest BCUT2D eigenvalue weighted by atomic mass is 9.87. The Morgan fingerprint density at radius 1 is 1.39 bits per heavy atom. The largest absolute Gasteiger partial charge is 0.366 e. The van der Waals surface area contributed by atoms with Gasteiger partial charge in [-0.05, 0) is 36.0 Å². The smallest absolute Gasteiger partial charge is 0.248 e. The number of hydrogen-bond acceptors (Lipinski definition) is 2. The molecule has 0 radical (unpaired) electrons. The van der Waals surface area contributed by atoms with E-state index in [2.05, 4.69) is 19.2 Å². The summed E-state index contributed by atoms with van der Waals surface area (Å²) < 4.78 is 0. The van der Waals surface area contributed by atoms with E-state index in [0.717, 1.165) is 6.54 Å². The van der Waals surface area contributed by atoms with Gasteiger partial charge in [0.15, 0.2) is 0 Å². The Morgan fingerprint density at radius 3 is 2.56 bits per heavy atom. The number of nitrogens with one attached hydrogen (secondary N) is 1. The molecular formula is C15H22N2O. The Hall–Kier alpha value is -1.35. The van der Waals surface area contributed by atoms with E-state index in [1.165, 1.54) is 24.8 Å². The van der Waals surface area contributed by atoms with Crippen molar-refractivity contribution in [3.05, 3.63) is 35.4 Å². The highest BCUT2D eigenvalue weighted by Gasteiger charge is 2.33. The summed E-state index contributed by atoms with van der Waals surface area (Å²) in [7, 11) is 0. The molecule has 2 rings (SSSR count). The van der Waals surface area contributed by atoms with Crippen LogP contribution in [0, 0.1) is 5.41 Å². The third-order valence-corrected chi connectivity index (χ3v) is 4.05. The monoisotopic (exact) mass is 246 g/mol. The molecule has 1 aliphatic rings. The number of benzene rings is 1. The molecule has 3 nitrogen and oxygen atoms in total. The predicted octanol–water partition coefficient (Wildman–Crippen LogP) is 2.45. The lowest BCUT2D eigenvalue weighted by Gasteiger charge is -2.28. The molecular weight excluding hydrogens is 224 g/mol. The number of amides is 1. The molecule has 3 heteroatoms. The standard InChI is InChI=1S/C15H22N2O/c1-15(2)9-3-4-13(15)17-10-11-5-7-12(8-6-11)14(16)18/h5-8,13,17H,3-4,9-10H2,1-2H3,(H2,16,18)/t13-/m1/s1. The average Bonchev–Trinajstić information content (AvgIpc) is 2.66. The van der Waals surface area contributed by atoms with E-state index >= 15 is 0 Å². The Balaban J connectivity index is 1.92. The molecule has 1 atom stereocenters. The molecule has 98 valence electrons. The van der Waals surface area contributed by atoms with Crippen LogP contribution in [0.15, 0.2) is 24.3 Å². The van der Waals surface area contributed by atoms with Crippen LogP contribution in [0.1, 0.15) is 49.0 Å². The van der Waals surface area contributed by atoms with Gasteiger partial charge in [-0.2, -0.15) is 0 Å². The van der Waals surface area contributed by atoms with E-state index in [1.807, 2.05) is 12.1 Å². The Bertz CT molecular complexity index is 423. The molecule has 3 N–H and O–H groups in total. The zero-order valence-corrected chi connectivity index (χ0v) is 11.2. The summed E-state index contributed by atoms with van der Waals surface area (Å²) in [5.74, 6) is -0.369. The molecule has 0 aliphatic heterocycles. The summed E-state index contributed by atoms with van der Waals surface area (Å²) in [6.45, 7) is 5.51. The highest BCUT2D eigenvalue weighted by molar-refractivity contribution is 5.92. The van der Waals surface area contributed by atoms with Crippen molar-refractivity contribution >= 4 is 5.91 Å². The first-order chi connectivity index (χ1) is 8.49. The van der Waals surface area contributed by atoms with Crippen LogP contribution in [0.25, 0.3) is 0 Å². The summed E-state index contributed by atoms with van der Waals surface area (Å²) >= 11 is 0. The first-order valence-corrected chi connectivity index (χ1v) is 6.61. The maximum Gasteiger partial charge on any atom is 0.248 e. The van der Waals surface area contributed by atoms with Crippen LogP contribution < -0.4 is 11.1 Å². The predicted molar refractivity (Wildman–Crippen MR) is 73.2 cm³/mol. The molecule has 0 aromatic heterocycles. The van der Waals surface area contributed by atoms with Crippen molar-refractivity contribution in [1.82, 2.24) is 5.32 Å². The van der Waals surface area contributed by atoms with Crippen molar-refractivity contribution < 1.29 is 4.79 Å². The third-order valence-electron chi connectivity index (χ3n) is 4.05. The SMILES string of the molecule is CC1(C)CCC[C@H]1NCc1ccc(C(N)=O)cc1. The molecule has 18 heavy (non-hydrogen) atoms. The first-order valence-electron chi connectivity index (χ1n) is 6.61. The quantitative estimate of drug-likeness (QED) is 0.857. The number of primary amides is 1. The molecule has 0 bridgehead atoms. The van der Waals surface area contributed by atoms with Crippen molar-refractivity contribution in [3.8, 4) is 0 Å². The number of carbonyl (C=O) groups is 1. The van der Waals surface area contributed by atoms with E-state index in [4.69, 9.17) is 5.73 Å². The minimum Gasteiger partial charge on any atom is -0.366 e. The van der Waals surface area contributed by atoms with E-state index in [1.54, 1.807) is 12.1 Å². The molecule has 1 aliphatic carbocycles. The zero-order chi connectivity index (χ0) is 13.2. The van der Waals surface area contributed by atoms with Gasteiger partial charge in [0.2, 0.25) is 5.91 Å². The van der Waals surface area contributed by atoms with Gasteiger partial charge < -0.3 is 11.1 Å². The van der Waals surface area contributed by atoms with E-state index in [-0.39, 0.29) is 5.91 Å². The second kappa shape index (κ2) is 5.11. The maximum atomic E-state index is 11.0. The summed E-state index contributed by atoms with van der Waals surface area (Å²) in [5, 5.41) is 3.62. The number of nitrogens with two attached hydrogens (primary N) is 1. The van der Waals surface area contributed by atoms with Gasteiger partial charge in [0.25, 0.3) is 0 Å². The van der Waals surface area contributed by atoms with Gasteiger partial charge in [-0.1, -0.05) is 32.4 Å². The van der Waals surface area contributed by atoms with Crippen molar-refractivity contribution in [1.29, 1.82) is 0 Å². The lowest BCUT2D eigenvalue weighted by molar-refractivity contribution is 0.100. The fraction of sp³-hybridized carbons (Fsp3) is 0.533. The molecule has 0 heterocycles. The summed E-state index contributed by atoms with van der Waals surface area (Å²) in [4.78, 5) is 11.0. The minimum atomic E-state index is -0.369. The van der Waals surface area contributed by atoms with Gasteiger partial charge in [0.05, 0.1) is 0 Å². The number of carbonyl (C=O) groups excluding carboxylic acids is 1. The highest BCUT2D eigenvalue weighted by atomic mass is 16.1. The molecule has 0 unspecified atom stereocenters. The molecule has 1 saturated carbocycles. The topological polar surface area (TPSA) is 55.1 Å². The van der Waals surface area contributed by atoms with Crippen LogP contribution in [-0.2, 0) is 6.54 Å². The van der Waals surface area contributed by atoms with Gasteiger partial charge in [-0.3, -0.25) is 4.79 Å². The molecule has 0 saturated heterocycles. The van der Waals surface area contributed by atoms with Crippen molar-refractivity contribution in [2.75, 3.05) is 0 Å². The van der Waals surface area contributed by atoms with Crippen LogP contribution in [-0.4, -0.2) is 11.9 Å². The summed E-state index contributed by atoms with van der Waals surface area (Å²) in [6.07, 6.45) is 3.86. The van der Waals surface area contributed by atoms with Gasteiger partial charge >= 0.3 is 0 Å². The van der Waals surface area contributed by atoms with Gasteiger partial charge in [-0.15, -0.1) is 0 Å². The summed E-state index contributed by atoms with van der Waals surface area (Å²) in [5.41, 5.74) is 7.38.